The van der Waals surface area contributed by atoms with Crippen LogP contribution in [0.25, 0.3) is 22.8 Å². The lowest BCUT2D eigenvalue weighted by Crippen LogP contribution is -2.12. The first-order valence-corrected chi connectivity index (χ1v) is 10.2. The predicted octanol–water partition coefficient (Wildman–Crippen LogP) is 4.93. The average Bonchev–Trinajstić information content (AvgIpc) is 3.37. The first-order valence-electron chi connectivity index (χ1n) is 10.2. The van der Waals surface area contributed by atoms with Gasteiger partial charge in [-0.05, 0) is 73.2 Å². The molecular weight excluding hydrogens is 360 g/mol. The van der Waals surface area contributed by atoms with Crippen molar-refractivity contribution in [2.24, 2.45) is 0 Å². The van der Waals surface area contributed by atoms with Crippen molar-refractivity contribution in [2.75, 3.05) is 0 Å². The van der Waals surface area contributed by atoms with E-state index in [0.29, 0.717) is 0 Å². The molecule has 5 nitrogen and oxygen atoms in total. The van der Waals surface area contributed by atoms with E-state index in [-0.39, 0.29) is 0 Å². The largest absolute Gasteiger partial charge is 0.457 e. The molecule has 2 aromatic carbocycles. The summed E-state index contributed by atoms with van der Waals surface area (Å²) in [5, 5.41) is 0. The normalized spacial score (nSPS) is 14.0. The van der Waals surface area contributed by atoms with Crippen LogP contribution in [-0.2, 0) is 25.9 Å². The molecule has 0 saturated heterocycles. The van der Waals surface area contributed by atoms with Gasteiger partial charge in [-0.25, -0.2) is 9.97 Å². The second-order valence-corrected chi connectivity index (χ2v) is 8.02. The van der Waals surface area contributed by atoms with Crippen LogP contribution in [0.3, 0.4) is 0 Å². The van der Waals surface area contributed by atoms with Gasteiger partial charge in [0, 0.05) is 49.0 Å². The number of benzene rings is 2. The van der Waals surface area contributed by atoms with Crippen LogP contribution in [0.1, 0.15) is 22.3 Å². The first-order chi connectivity index (χ1) is 14.2. The number of hydrogen-bond acceptors (Lipinski definition) is 3. The number of rotatable bonds is 2. The molecule has 0 unspecified atom stereocenters. The molecule has 0 bridgehead atoms. The highest BCUT2D eigenvalue weighted by Crippen LogP contribution is 2.38. The quantitative estimate of drug-likeness (QED) is 0.493. The van der Waals surface area contributed by atoms with E-state index < -0.39 is 0 Å². The van der Waals surface area contributed by atoms with Crippen molar-refractivity contribution >= 4 is 0 Å². The van der Waals surface area contributed by atoms with Crippen LogP contribution in [0, 0.1) is 13.8 Å². The second-order valence-electron chi connectivity index (χ2n) is 8.02. The minimum atomic E-state index is 0.858. The van der Waals surface area contributed by atoms with Gasteiger partial charge >= 0.3 is 0 Å². The highest BCUT2D eigenvalue weighted by Gasteiger charge is 2.22. The Morgan fingerprint density at radius 1 is 0.724 bits per heavy atom. The molecule has 2 aromatic heterocycles. The number of fused-ring (bicyclic) bond motifs is 6. The summed E-state index contributed by atoms with van der Waals surface area (Å²) in [6.07, 6.45) is 9.92. The average molecular weight is 382 g/mol. The summed E-state index contributed by atoms with van der Waals surface area (Å²) in [4.78, 5) is 9.15. The molecule has 0 spiro atoms. The van der Waals surface area contributed by atoms with Gasteiger partial charge in [0.25, 0.3) is 0 Å². The minimum Gasteiger partial charge on any atom is -0.457 e. The Morgan fingerprint density at radius 2 is 1.21 bits per heavy atom. The van der Waals surface area contributed by atoms with Crippen LogP contribution in [0.15, 0.2) is 49.1 Å². The fourth-order valence-electron chi connectivity index (χ4n) is 4.82. The molecular formula is C24H22N4O. The van der Waals surface area contributed by atoms with Gasteiger partial charge < -0.3 is 13.9 Å². The van der Waals surface area contributed by atoms with Gasteiger partial charge in [-0.1, -0.05) is 0 Å². The summed E-state index contributed by atoms with van der Waals surface area (Å²) in [7, 11) is 0. The second kappa shape index (κ2) is 6.08. The summed E-state index contributed by atoms with van der Waals surface area (Å²) in [5.74, 6) is 3.78. The van der Waals surface area contributed by atoms with Gasteiger partial charge in [0.15, 0.2) is 0 Å². The van der Waals surface area contributed by atoms with Crippen LogP contribution in [0.4, 0.5) is 0 Å². The van der Waals surface area contributed by atoms with Crippen LogP contribution in [0.2, 0.25) is 0 Å². The number of aryl methyl sites for hydroxylation is 4. The summed E-state index contributed by atoms with van der Waals surface area (Å²) in [5.41, 5.74) is 7.64. The first kappa shape index (κ1) is 16.6. The van der Waals surface area contributed by atoms with Gasteiger partial charge in [-0.2, -0.15) is 0 Å². The molecule has 144 valence electrons. The molecule has 0 aliphatic carbocycles. The summed E-state index contributed by atoms with van der Waals surface area (Å²) < 4.78 is 10.8. The molecule has 2 aliphatic heterocycles. The molecule has 4 aromatic rings. The van der Waals surface area contributed by atoms with Crippen molar-refractivity contribution in [3.05, 3.63) is 71.3 Å². The fraction of sp³-hybridized carbons (Fsp3) is 0.250. The van der Waals surface area contributed by atoms with E-state index in [9.17, 15) is 0 Å². The Morgan fingerprint density at radius 3 is 1.69 bits per heavy atom. The molecule has 29 heavy (non-hydrogen) atoms. The zero-order valence-electron chi connectivity index (χ0n) is 16.6. The maximum absolute atomic E-state index is 6.38. The van der Waals surface area contributed by atoms with E-state index in [1.54, 1.807) is 0 Å². The lowest BCUT2D eigenvalue weighted by Gasteiger charge is -2.23. The Kier molecular flexibility index (Phi) is 3.48. The van der Waals surface area contributed by atoms with Crippen LogP contribution in [-0.4, -0.2) is 19.1 Å². The van der Waals surface area contributed by atoms with E-state index in [2.05, 4.69) is 69.6 Å². The zero-order valence-corrected chi connectivity index (χ0v) is 16.6. The maximum Gasteiger partial charge on any atom is 0.140 e. The summed E-state index contributed by atoms with van der Waals surface area (Å²) in [6, 6.07) is 8.56. The van der Waals surface area contributed by atoms with Gasteiger partial charge in [0.1, 0.15) is 23.1 Å². The number of ether oxygens (including phenoxy) is 1. The van der Waals surface area contributed by atoms with Crippen LogP contribution in [0.5, 0.6) is 11.5 Å². The van der Waals surface area contributed by atoms with E-state index >= 15 is 0 Å². The van der Waals surface area contributed by atoms with Gasteiger partial charge in [-0.15, -0.1) is 0 Å². The molecule has 2 aliphatic rings. The maximum atomic E-state index is 6.38. The smallest absolute Gasteiger partial charge is 0.140 e. The van der Waals surface area contributed by atoms with E-state index in [0.717, 1.165) is 49.1 Å². The Bertz CT molecular complexity index is 1170. The predicted molar refractivity (Wildman–Crippen MR) is 112 cm³/mol. The summed E-state index contributed by atoms with van der Waals surface area (Å²) in [6.45, 7) is 6.30. The van der Waals surface area contributed by atoms with Crippen LogP contribution >= 0.6 is 0 Å². The topological polar surface area (TPSA) is 44.9 Å². The molecule has 0 amide bonds. The SMILES string of the molecule is Cc1cc(Oc2cc(C)c3c(c2)-c2nccn2CC3)cc2c1CCn1ccnc1-2. The number of nitrogens with zero attached hydrogens (tertiary/aromatic N) is 4. The highest BCUT2D eigenvalue weighted by molar-refractivity contribution is 5.69. The fourth-order valence-corrected chi connectivity index (χ4v) is 4.82. The highest BCUT2D eigenvalue weighted by atomic mass is 16.5. The molecule has 0 N–H and O–H groups in total. The van der Waals surface area contributed by atoms with Crippen molar-refractivity contribution in [3.8, 4) is 34.3 Å². The minimum absolute atomic E-state index is 0.858. The number of hydrogen-bond donors (Lipinski definition) is 0. The molecule has 0 fully saturated rings. The Balaban J connectivity index is 1.42. The Hall–Kier alpha value is -3.34. The van der Waals surface area contributed by atoms with Crippen LogP contribution < -0.4 is 4.74 Å². The lowest BCUT2D eigenvalue weighted by atomic mass is 9.95. The van der Waals surface area contributed by atoms with Crippen molar-refractivity contribution < 1.29 is 4.74 Å². The molecule has 4 heterocycles. The molecule has 0 saturated carbocycles. The van der Waals surface area contributed by atoms with Crippen molar-refractivity contribution in [1.82, 2.24) is 19.1 Å². The third-order valence-corrected chi connectivity index (χ3v) is 6.25. The summed E-state index contributed by atoms with van der Waals surface area (Å²) >= 11 is 0. The molecule has 5 heteroatoms. The van der Waals surface area contributed by atoms with Crippen molar-refractivity contribution in [1.29, 1.82) is 0 Å². The third kappa shape index (κ3) is 2.54. The number of aromatic nitrogens is 4. The third-order valence-electron chi connectivity index (χ3n) is 6.25. The standard InChI is InChI=1S/C24H22N4O/c1-15-11-17(13-21-19(15)3-7-27-9-5-25-23(21)27)29-18-12-16(2)20-4-8-28-10-6-26-24(28)22(20)14-18/h5-6,9-14H,3-4,7-8H2,1-2H3. The van der Waals surface area contributed by atoms with Crippen molar-refractivity contribution in [3.63, 3.8) is 0 Å². The molecule has 6 rings (SSSR count). The molecule has 0 atom stereocenters. The monoisotopic (exact) mass is 382 g/mol. The van der Waals surface area contributed by atoms with Crippen molar-refractivity contribution in [2.45, 2.75) is 39.8 Å². The van der Waals surface area contributed by atoms with Gasteiger partial charge in [0.2, 0.25) is 0 Å². The van der Waals surface area contributed by atoms with E-state index in [1.807, 2.05) is 12.4 Å². The molecule has 0 radical (unpaired) electrons. The van der Waals surface area contributed by atoms with E-state index in [4.69, 9.17) is 4.74 Å². The van der Waals surface area contributed by atoms with E-state index in [1.165, 1.54) is 33.4 Å². The van der Waals surface area contributed by atoms with Gasteiger partial charge in [-0.3, -0.25) is 0 Å². The Labute approximate surface area is 169 Å². The number of imidazole rings is 2. The van der Waals surface area contributed by atoms with Gasteiger partial charge in [0.05, 0.1) is 0 Å². The lowest BCUT2D eigenvalue weighted by molar-refractivity contribution is 0.480. The zero-order chi connectivity index (χ0) is 19.5.